The van der Waals surface area contributed by atoms with Crippen molar-refractivity contribution in [3.63, 3.8) is 0 Å². The highest BCUT2D eigenvalue weighted by Crippen LogP contribution is 2.35. The molecule has 0 unspecified atom stereocenters. The largest absolute Gasteiger partial charge is 0.542 e. The fourth-order valence-electron chi connectivity index (χ4n) is 1.68. The lowest BCUT2D eigenvalue weighted by Crippen LogP contribution is -2.14. The Hall–Kier alpha value is -1.07. The van der Waals surface area contributed by atoms with Crippen LogP contribution in [0.4, 0.5) is 0 Å². The van der Waals surface area contributed by atoms with Crippen molar-refractivity contribution < 1.29 is 8.84 Å². The molecule has 5 heteroatoms. The van der Waals surface area contributed by atoms with Crippen LogP contribution >= 0.6 is 11.3 Å². The first kappa shape index (κ1) is 13.4. The lowest BCUT2D eigenvalue weighted by molar-refractivity contribution is 0.555. The van der Waals surface area contributed by atoms with Gasteiger partial charge in [-0.05, 0) is 47.5 Å². The Morgan fingerprint density at radius 1 is 1.28 bits per heavy atom. The predicted octanol–water partition coefficient (Wildman–Crippen LogP) is 3.78. The van der Waals surface area contributed by atoms with E-state index < -0.39 is 9.04 Å². The average Bonchev–Trinajstić information content (AvgIpc) is 2.56. The van der Waals surface area contributed by atoms with E-state index in [1.807, 2.05) is 12.1 Å². The van der Waals surface area contributed by atoms with Crippen LogP contribution in [-0.2, 0) is 5.41 Å². The van der Waals surface area contributed by atoms with E-state index in [-0.39, 0.29) is 10.4 Å². The van der Waals surface area contributed by atoms with Crippen LogP contribution in [0, 0.1) is 0 Å². The minimum Gasteiger partial charge on any atom is -0.542 e. The third kappa shape index (κ3) is 2.67. The third-order valence-electron chi connectivity index (χ3n) is 2.58. The van der Waals surface area contributed by atoms with E-state index in [4.69, 9.17) is 8.84 Å². The second-order valence-electron chi connectivity index (χ2n) is 5.52. The number of rotatable bonds is 2. The molecule has 0 aliphatic carbocycles. The van der Waals surface area contributed by atoms with Crippen LogP contribution in [0.1, 0.15) is 26.3 Å². The van der Waals surface area contributed by atoms with Gasteiger partial charge in [-0.2, -0.15) is 0 Å². The summed E-state index contributed by atoms with van der Waals surface area (Å²) in [7, 11) is -0.867. The van der Waals surface area contributed by atoms with Crippen LogP contribution in [0.25, 0.3) is 10.3 Å². The topological polar surface area (TPSA) is 39.4 Å². The number of hydrogen-bond donors (Lipinski definition) is 0. The molecule has 0 aliphatic rings. The zero-order chi connectivity index (χ0) is 13.5. The molecule has 2 rings (SSSR count). The monoisotopic (exact) mass is 281 g/mol. The first-order valence-corrected chi connectivity index (χ1v) is 9.06. The van der Waals surface area contributed by atoms with Crippen molar-refractivity contribution in [2.45, 2.75) is 39.3 Å². The maximum Gasteiger partial charge on any atom is 0.396 e. The molecular formula is C13H17O3SSi. The van der Waals surface area contributed by atoms with Crippen molar-refractivity contribution >= 4 is 30.7 Å². The van der Waals surface area contributed by atoms with E-state index in [1.54, 1.807) is 0 Å². The quantitative estimate of drug-likeness (QED) is 0.786. The molecule has 1 heterocycles. The predicted molar refractivity (Wildman–Crippen MR) is 77.2 cm³/mol. The number of hydrogen-bond acceptors (Lipinski definition) is 4. The minimum absolute atomic E-state index is 0.00118. The molecule has 0 saturated carbocycles. The summed E-state index contributed by atoms with van der Waals surface area (Å²) in [5.41, 5.74) is 1.76. The van der Waals surface area contributed by atoms with E-state index in [9.17, 15) is 4.79 Å². The molecule has 0 bridgehead atoms. The van der Waals surface area contributed by atoms with E-state index in [1.165, 1.54) is 0 Å². The van der Waals surface area contributed by atoms with E-state index in [0.717, 1.165) is 27.3 Å². The van der Waals surface area contributed by atoms with Gasteiger partial charge in [-0.1, -0.05) is 20.8 Å². The van der Waals surface area contributed by atoms with Gasteiger partial charge in [-0.25, -0.2) is 4.79 Å². The van der Waals surface area contributed by atoms with Gasteiger partial charge in [0.15, 0.2) is 5.58 Å². The summed E-state index contributed by atoms with van der Waals surface area (Å²) < 4.78 is 11.9. The van der Waals surface area contributed by atoms with Crippen molar-refractivity contribution in [3.05, 3.63) is 27.4 Å². The van der Waals surface area contributed by atoms with Crippen molar-refractivity contribution in [1.29, 1.82) is 0 Å². The molecule has 0 amide bonds. The van der Waals surface area contributed by atoms with Crippen molar-refractivity contribution in [2.75, 3.05) is 0 Å². The molecule has 2 aromatic rings. The van der Waals surface area contributed by atoms with Gasteiger partial charge in [-0.15, -0.1) is 0 Å². The maximum atomic E-state index is 11.4. The van der Waals surface area contributed by atoms with Gasteiger partial charge in [0.2, 0.25) is 0 Å². The van der Waals surface area contributed by atoms with Gasteiger partial charge in [-0.3, -0.25) is 0 Å². The Balaban J connectivity index is 2.68. The Bertz CT molecular complexity index is 619. The fourth-order valence-corrected chi connectivity index (χ4v) is 3.05. The van der Waals surface area contributed by atoms with Gasteiger partial charge in [0.25, 0.3) is 9.04 Å². The summed E-state index contributed by atoms with van der Waals surface area (Å²) in [6, 6.07) is 3.98. The molecule has 0 N–H and O–H groups in total. The van der Waals surface area contributed by atoms with E-state index in [2.05, 4.69) is 33.9 Å². The smallest absolute Gasteiger partial charge is 0.396 e. The summed E-state index contributed by atoms with van der Waals surface area (Å²) >= 11 is 1.11. The summed E-state index contributed by atoms with van der Waals surface area (Å²) in [6.45, 7) is 10.5. The van der Waals surface area contributed by atoms with Gasteiger partial charge < -0.3 is 8.84 Å². The molecule has 1 radical (unpaired) electrons. The van der Waals surface area contributed by atoms with Gasteiger partial charge in [0.05, 0.1) is 0 Å². The third-order valence-corrected chi connectivity index (χ3v) is 4.06. The summed E-state index contributed by atoms with van der Waals surface area (Å²) in [5.74, 6) is 0.784. The second-order valence-corrected chi connectivity index (χ2v) is 8.48. The molecule has 1 aromatic carbocycles. The molecule has 0 saturated heterocycles. The van der Waals surface area contributed by atoms with E-state index >= 15 is 0 Å². The average molecular weight is 281 g/mol. The Morgan fingerprint density at radius 3 is 2.50 bits per heavy atom. The zero-order valence-electron chi connectivity index (χ0n) is 11.3. The molecule has 0 fully saturated rings. The number of benzene rings is 1. The lowest BCUT2D eigenvalue weighted by atomic mass is 9.87. The van der Waals surface area contributed by atoms with Crippen molar-refractivity contribution in [1.82, 2.24) is 0 Å². The first-order valence-electron chi connectivity index (χ1n) is 5.83. The van der Waals surface area contributed by atoms with Crippen LogP contribution in [0.5, 0.6) is 5.75 Å². The first-order chi connectivity index (χ1) is 8.27. The van der Waals surface area contributed by atoms with Crippen LogP contribution in [0.15, 0.2) is 21.3 Å². The minimum atomic E-state index is -0.867. The molecule has 0 spiro atoms. The molecular weight excluding hydrogens is 264 g/mol. The van der Waals surface area contributed by atoms with Crippen molar-refractivity contribution in [3.8, 4) is 5.75 Å². The Morgan fingerprint density at radius 2 is 1.94 bits per heavy atom. The van der Waals surface area contributed by atoms with Gasteiger partial charge in [0.1, 0.15) is 10.4 Å². The zero-order valence-corrected chi connectivity index (χ0v) is 13.1. The molecule has 97 valence electrons. The standard InChI is InChI=1S/C13H17O3SSi/c1-13(2,3)8-6-9-11(17-12(14)15-9)10(7-8)16-18(4)5/h6-7H,1-5H3. The van der Waals surface area contributed by atoms with Crippen molar-refractivity contribution in [2.24, 2.45) is 0 Å². The van der Waals surface area contributed by atoms with Crippen LogP contribution in [0.3, 0.4) is 0 Å². The lowest BCUT2D eigenvalue weighted by Gasteiger charge is -2.20. The van der Waals surface area contributed by atoms with Gasteiger partial charge >= 0.3 is 4.94 Å². The van der Waals surface area contributed by atoms with Crippen LogP contribution < -0.4 is 9.37 Å². The summed E-state index contributed by atoms with van der Waals surface area (Å²) in [5, 5.41) is 0. The molecule has 3 nitrogen and oxygen atoms in total. The van der Waals surface area contributed by atoms with Gasteiger partial charge in [0, 0.05) is 0 Å². The highest BCUT2D eigenvalue weighted by Gasteiger charge is 2.19. The normalized spacial score (nSPS) is 12.3. The highest BCUT2D eigenvalue weighted by atomic mass is 32.1. The van der Waals surface area contributed by atoms with Crippen LogP contribution in [0.2, 0.25) is 13.1 Å². The SMILES string of the molecule is C[Si](C)Oc1cc(C(C)(C)C)cc2oc(=O)sc12. The molecule has 1 aromatic heterocycles. The van der Waals surface area contributed by atoms with Crippen LogP contribution in [-0.4, -0.2) is 9.04 Å². The maximum absolute atomic E-state index is 11.4. The molecule has 18 heavy (non-hydrogen) atoms. The molecule has 0 aliphatic heterocycles. The Kier molecular flexibility index (Phi) is 3.38. The fraction of sp³-hybridized carbons (Fsp3) is 0.462. The molecule has 0 atom stereocenters. The summed E-state index contributed by atoms with van der Waals surface area (Å²) in [4.78, 5) is 11.1. The van der Waals surface area contributed by atoms with E-state index in [0.29, 0.717) is 5.58 Å². The second kappa shape index (κ2) is 4.55. The summed E-state index contributed by atoms with van der Waals surface area (Å²) in [6.07, 6.45) is 0. The highest BCUT2D eigenvalue weighted by molar-refractivity contribution is 7.16. The number of fused-ring (bicyclic) bond motifs is 1. The Labute approximate surface area is 112 Å².